The molecule has 0 saturated heterocycles. The first-order valence-corrected chi connectivity index (χ1v) is 9.10. The summed E-state index contributed by atoms with van der Waals surface area (Å²) in [6.45, 7) is 7.70. The van der Waals surface area contributed by atoms with Gasteiger partial charge in [0.15, 0.2) is 8.32 Å². The van der Waals surface area contributed by atoms with Crippen LogP contribution in [0.3, 0.4) is 0 Å². The number of terminal acetylenes is 1. The largest absolute Gasteiger partial charge is 0.405 e. The highest BCUT2D eigenvalue weighted by atomic mass is 28.4. The van der Waals surface area contributed by atoms with Gasteiger partial charge in [-0.2, -0.15) is 0 Å². The molecule has 1 unspecified atom stereocenters. The van der Waals surface area contributed by atoms with Crippen LogP contribution in [0.2, 0.25) is 19.6 Å². The van der Waals surface area contributed by atoms with Crippen LogP contribution in [0, 0.1) is 12.3 Å². The minimum absolute atomic E-state index is 0.00502. The van der Waals surface area contributed by atoms with Crippen LogP contribution < -0.4 is 0 Å². The van der Waals surface area contributed by atoms with E-state index in [1.165, 1.54) is 0 Å². The van der Waals surface area contributed by atoms with Crippen LogP contribution in [-0.4, -0.2) is 20.3 Å². The lowest BCUT2D eigenvalue weighted by atomic mass is 9.94. The molecule has 0 aliphatic carbocycles. The van der Waals surface area contributed by atoms with Crippen molar-refractivity contribution in [3.63, 3.8) is 0 Å². The quantitative estimate of drug-likeness (QED) is 0.488. The van der Waals surface area contributed by atoms with Gasteiger partial charge in [0.2, 0.25) is 0 Å². The van der Waals surface area contributed by atoms with Gasteiger partial charge in [-0.15, -0.1) is 12.3 Å². The molecule has 1 nitrogen and oxygen atoms in total. The number of hydrogen-bond donors (Lipinski definition) is 0. The average molecular weight is 248 g/mol. The molecular weight excluding hydrogens is 226 g/mol. The van der Waals surface area contributed by atoms with Gasteiger partial charge < -0.3 is 4.43 Å². The van der Waals surface area contributed by atoms with Gasteiger partial charge in [0, 0.05) is 6.42 Å². The molecule has 4 heteroatoms. The zero-order valence-electron chi connectivity index (χ0n) is 10.6. The molecule has 0 heterocycles. The Balaban J connectivity index is 4.87. The second-order valence-electron chi connectivity index (χ2n) is 5.06. The van der Waals surface area contributed by atoms with Crippen molar-refractivity contribution in [2.24, 2.45) is 0 Å². The smallest absolute Gasteiger partial charge is 0.266 e. The van der Waals surface area contributed by atoms with Crippen molar-refractivity contribution >= 4 is 8.32 Å². The summed E-state index contributed by atoms with van der Waals surface area (Å²) in [5.74, 6) is 2.34. The second kappa shape index (κ2) is 6.36. The van der Waals surface area contributed by atoms with Crippen molar-refractivity contribution in [2.45, 2.75) is 64.3 Å². The Morgan fingerprint density at radius 1 is 1.38 bits per heavy atom. The number of hydrogen-bond acceptors (Lipinski definition) is 1. The molecule has 0 aliphatic heterocycles. The van der Waals surface area contributed by atoms with E-state index in [4.69, 9.17) is 10.8 Å². The van der Waals surface area contributed by atoms with Gasteiger partial charge in [0.25, 0.3) is 6.43 Å². The summed E-state index contributed by atoms with van der Waals surface area (Å²) in [6.07, 6.45) is 4.61. The molecule has 94 valence electrons. The zero-order valence-corrected chi connectivity index (χ0v) is 11.6. The fourth-order valence-corrected chi connectivity index (χ4v) is 3.15. The van der Waals surface area contributed by atoms with E-state index >= 15 is 0 Å². The summed E-state index contributed by atoms with van der Waals surface area (Å²) in [7, 11) is -2.02. The van der Waals surface area contributed by atoms with Gasteiger partial charge in [0.1, 0.15) is 5.60 Å². The highest BCUT2D eigenvalue weighted by Gasteiger charge is 2.43. The minimum Gasteiger partial charge on any atom is -0.405 e. The third-order valence-electron chi connectivity index (χ3n) is 2.26. The molecular formula is C12H22F2OSi. The maximum Gasteiger partial charge on any atom is 0.266 e. The van der Waals surface area contributed by atoms with E-state index in [1.54, 1.807) is 0 Å². The van der Waals surface area contributed by atoms with E-state index in [9.17, 15) is 8.78 Å². The minimum atomic E-state index is -2.51. The lowest BCUT2D eigenvalue weighted by Crippen LogP contribution is -2.47. The number of alkyl halides is 2. The lowest BCUT2D eigenvalue weighted by Gasteiger charge is -2.37. The number of halogens is 2. The normalized spacial score (nSPS) is 15.9. The van der Waals surface area contributed by atoms with Crippen molar-refractivity contribution in [3.05, 3.63) is 0 Å². The van der Waals surface area contributed by atoms with Crippen LogP contribution in [0.15, 0.2) is 0 Å². The van der Waals surface area contributed by atoms with Crippen LogP contribution in [0.1, 0.15) is 32.6 Å². The summed E-state index contributed by atoms with van der Waals surface area (Å²) in [5.41, 5.74) is -1.42. The first-order valence-electron chi connectivity index (χ1n) is 5.69. The molecule has 16 heavy (non-hydrogen) atoms. The summed E-state index contributed by atoms with van der Waals surface area (Å²) in [6, 6.07) is 0. The van der Waals surface area contributed by atoms with E-state index < -0.39 is 20.3 Å². The Bertz CT molecular complexity index is 242. The van der Waals surface area contributed by atoms with Crippen LogP contribution >= 0.6 is 0 Å². The highest BCUT2D eigenvalue weighted by molar-refractivity contribution is 6.69. The van der Waals surface area contributed by atoms with Crippen molar-refractivity contribution in [1.82, 2.24) is 0 Å². The SMILES string of the molecule is C#CCC(CCCC)(O[Si](C)(C)C)C(F)F. The van der Waals surface area contributed by atoms with Crippen LogP contribution in [-0.2, 0) is 4.43 Å². The van der Waals surface area contributed by atoms with E-state index in [0.717, 1.165) is 12.8 Å². The van der Waals surface area contributed by atoms with Crippen LogP contribution in [0.5, 0.6) is 0 Å². The average Bonchev–Trinajstić information content (AvgIpc) is 2.12. The molecule has 0 aromatic rings. The Labute approximate surface area is 98.7 Å². The van der Waals surface area contributed by atoms with Gasteiger partial charge in [-0.3, -0.25) is 0 Å². The molecule has 0 aromatic carbocycles. The topological polar surface area (TPSA) is 9.23 Å². The van der Waals surface area contributed by atoms with Gasteiger partial charge in [-0.05, 0) is 26.1 Å². The molecule has 0 rings (SSSR count). The van der Waals surface area contributed by atoms with Crippen molar-refractivity contribution in [3.8, 4) is 12.3 Å². The number of rotatable bonds is 7. The van der Waals surface area contributed by atoms with E-state index in [-0.39, 0.29) is 6.42 Å². The zero-order chi connectivity index (χ0) is 12.8. The summed E-state index contributed by atoms with van der Waals surface area (Å²) >= 11 is 0. The van der Waals surface area contributed by atoms with Gasteiger partial charge >= 0.3 is 0 Å². The summed E-state index contributed by atoms with van der Waals surface area (Å²) < 4.78 is 32.1. The fraction of sp³-hybridized carbons (Fsp3) is 0.833. The lowest BCUT2D eigenvalue weighted by molar-refractivity contribution is -0.0849. The molecule has 0 saturated carbocycles. The Hall–Kier alpha value is -0.403. The van der Waals surface area contributed by atoms with Gasteiger partial charge in [-0.25, -0.2) is 8.78 Å². The van der Waals surface area contributed by atoms with Crippen molar-refractivity contribution in [1.29, 1.82) is 0 Å². The molecule has 0 N–H and O–H groups in total. The molecule has 0 spiro atoms. The standard InChI is InChI=1S/C12H22F2OSi/c1-6-8-10-12(9-7-2,11(13)14)15-16(3,4)5/h2,11H,6,8-10H2,1,3-5H3. The third-order valence-corrected chi connectivity index (χ3v) is 3.28. The van der Waals surface area contributed by atoms with Crippen molar-refractivity contribution in [2.75, 3.05) is 0 Å². The molecule has 0 radical (unpaired) electrons. The predicted molar refractivity (Wildman–Crippen MR) is 66.1 cm³/mol. The Morgan fingerprint density at radius 2 is 1.94 bits per heavy atom. The van der Waals surface area contributed by atoms with E-state index in [2.05, 4.69) is 5.92 Å². The maximum atomic E-state index is 13.2. The molecule has 0 fully saturated rings. The van der Waals surface area contributed by atoms with Gasteiger partial charge in [-0.1, -0.05) is 19.8 Å². The summed E-state index contributed by atoms with van der Waals surface area (Å²) in [5, 5.41) is 0. The molecule has 0 amide bonds. The second-order valence-corrected chi connectivity index (χ2v) is 9.49. The number of unbranched alkanes of at least 4 members (excludes halogenated alkanes) is 1. The molecule has 0 aliphatic rings. The summed E-state index contributed by atoms with van der Waals surface area (Å²) in [4.78, 5) is 0. The predicted octanol–water partition coefficient (Wildman–Crippen LogP) is 4.06. The first-order chi connectivity index (χ1) is 7.27. The molecule has 1 atom stereocenters. The first kappa shape index (κ1) is 15.6. The van der Waals surface area contributed by atoms with E-state index in [1.807, 2.05) is 26.6 Å². The monoisotopic (exact) mass is 248 g/mol. The van der Waals surface area contributed by atoms with E-state index in [0.29, 0.717) is 6.42 Å². The molecule has 0 bridgehead atoms. The Morgan fingerprint density at radius 3 is 2.25 bits per heavy atom. The third kappa shape index (κ3) is 5.09. The maximum absolute atomic E-state index is 13.2. The van der Waals surface area contributed by atoms with Crippen LogP contribution in [0.4, 0.5) is 8.78 Å². The highest BCUT2D eigenvalue weighted by Crippen LogP contribution is 2.33. The Kier molecular flexibility index (Phi) is 6.20. The van der Waals surface area contributed by atoms with Crippen LogP contribution in [0.25, 0.3) is 0 Å². The van der Waals surface area contributed by atoms with Crippen molar-refractivity contribution < 1.29 is 13.2 Å². The van der Waals surface area contributed by atoms with Gasteiger partial charge in [0.05, 0.1) is 0 Å². The molecule has 0 aromatic heterocycles. The fourth-order valence-electron chi connectivity index (χ4n) is 1.66.